The number of sulfonamides is 1. The van der Waals surface area contributed by atoms with Crippen LogP contribution in [0.4, 0.5) is 5.69 Å². The zero-order chi connectivity index (χ0) is 12.5. The Morgan fingerprint density at radius 3 is 2.47 bits per heavy atom. The lowest BCUT2D eigenvalue weighted by Crippen LogP contribution is -2.12. The van der Waals surface area contributed by atoms with Crippen LogP contribution in [0.3, 0.4) is 0 Å². The Hall–Kier alpha value is -0.600. The van der Waals surface area contributed by atoms with Gasteiger partial charge in [0.15, 0.2) is 0 Å². The standard InChI is InChI=1S/C11H10INO2S2/c1-8-6-7-11(16-8)17(14,15)13-10-5-3-2-4-9(10)12/h2-7,13H,1H3. The first kappa shape index (κ1) is 12.8. The minimum absolute atomic E-state index is 0.342. The van der Waals surface area contributed by atoms with Gasteiger partial charge in [0.05, 0.1) is 5.69 Å². The summed E-state index contributed by atoms with van der Waals surface area (Å²) in [5.74, 6) is 0. The molecule has 0 spiro atoms. The van der Waals surface area contributed by atoms with Crippen molar-refractivity contribution in [3.63, 3.8) is 0 Å². The van der Waals surface area contributed by atoms with Crippen LogP contribution in [0.1, 0.15) is 4.88 Å². The van der Waals surface area contributed by atoms with Gasteiger partial charge < -0.3 is 0 Å². The molecular formula is C11H10INO2S2. The van der Waals surface area contributed by atoms with Gasteiger partial charge in [-0.2, -0.15) is 0 Å². The smallest absolute Gasteiger partial charge is 0.271 e. The second kappa shape index (κ2) is 4.95. The number of thiophene rings is 1. The normalized spacial score (nSPS) is 11.4. The molecule has 17 heavy (non-hydrogen) atoms. The maximum Gasteiger partial charge on any atom is 0.271 e. The van der Waals surface area contributed by atoms with Crippen molar-refractivity contribution in [3.8, 4) is 0 Å². The van der Waals surface area contributed by atoms with Crippen LogP contribution in [0.5, 0.6) is 0 Å². The summed E-state index contributed by atoms with van der Waals surface area (Å²) in [7, 11) is -3.45. The van der Waals surface area contributed by atoms with Gasteiger partial charge >= 0.3 is 0 Å². The molecule has 0 aliphatic carbocycles. The van der Waals surface area contributed by atoms with Crippen LogP contribution in [0, 0.1) is 10.5 Å². The fourth-order valence-electron chi connectivity index (χ4n) is 1.30. The van der Waals surface area contributed by atoms with Gasteiger partial charge in [-0.15, -0.1) is 11.3 Å². The van der Waals surface area contributed by atoms with E-state index in [2.05, 4.69) is 27.3 Å². The number of aryl methyl sites for hydroxylation is 1. The van der Waals surface area contributed by atoms with E-state index in [1.165, 1.54) is 11.3 Å². The maximum atomic E-state index is 12.1. The van der Waals surface area contributed by atoms with Crippen LogP contribution in [0.15, 0.2) is 40.6 Å². The van der Waals surface area contributed by atoms with Gasteiger partial charge in [-0.3, -0.25) is 4.72 Å². The Bertz CT molecular complexity index is 634. The van der Waals surface area contributed by atoms with Crippen LogP contribution >= 0.6 is 33.9 Å². The van der Waals surface area contributed by atoms with Crippen LogP contribution in [-0.2, 0) is 10.0 Å². The third kappa shape index (κ3) is 2.99. The van der Waals surface area contributed by atoms with Crippen LogP contribution in [0.25, 0.3) is 0 Å². The lowest BCUT2D eigenvalue weighted by Gasteiger charge is -2.07. The summed E-state index contributed by atoms with van der Waals surface area (Å²) in [6.07, 6.45) is 0. The van der Waals surface area contributed by atoms with E-state index in [0.717, 1.165) is 8.45 Å². The van der Waals surface area contributed by atoms with Crippen LogP contribution in [-0.4, -0.2) is 8.42 Å². The SMILES string of the molecule is Cc1ccc(S(=O)(=O)Nc2ccccc2I)s1. The van der Waals surface area contributed by atoms with Gasteiger partial charge in [0.1, 0.15) is 4.21 Å². The monoisotopic (exact) mass is 379 g/mol. The molecule has 0 aliphatic rings. The first-order chi connectivity index (χ1) is 7.99. The molecule has 2 rings (SSSR count). The zero-order valence-electron chi connectivity index (χ0n) is 8.98. The van der Waals surface area contributed by atoms with E-state index >= 15 is 0 Å². The molecule has 3 nitrogen and oxygen atoms in total. The number of anilines is 1. The number of benzene rings is 1. The molecule has 0 aliphatic heterocycles. The van der Waals surface area contributed by atoms with Crippen LogP contribution in [0.2, 0.25) is 0 Å². The Morgan fingerprint density at radius 2 is 1.88 bits per heavy atom. The molecule has 0 unspecified atom stereocenters. The van der Waals surface area contributed by atoms with Crippen molar-refractivity contribution in [1.29, 1.82) is 0 Å². The lowest BCUT2D eigenvalue weighted by molar-refractivity contribution is 0.603. The molecule has 90 valence electrons. The van der Waals surface area contributed by atoms with Gasteiger partial charge in [0.2, 0.25) is 0 Å². The number of hydrogen-bond acceptors (Lipinski definition) is 3. The predicted octanol–water partition coefficient (Wildman–Crippen LogP) is 3.46. The van der Waals surface area contributed by atoms with E-state index in [0.29, 0.717) is 9.90 Å². The van der Waals surface area contributed by atoms with Crippen molar-refractivity contribution in [2.75, 3.05) is 4.72 Å². The fraction of sp³-hybridized carbons (Fsp3) is 0.0909. The predicted molar refractivity (Wildman–Crippen MR) is 79.0 cm³/mol. The van der Waals surface area contributed by atoms with E-state index < -0.39 is 10.0 Å². The highest BCUT2D eigenvalue weighted by Crippen LogP contribution is 2.25. The van der Waals surface area contributed by atoms with E-state index in [9.17, 15) is 8.42 Å². The third-order valence-electron chi connectivity index (χ3n) is 2.10. The summed E-state index contributed by atoms with van der Waals surface area (Å²) in [5.41, 5.74) is 0.610. The second-order valence-corrected chi connectivity index (χ2v) is 7.81. The molecule has 0 radical (unpaired) electrons. The van der Waals surface area contributed by atoms with Crippen molar-refractivity contribution in [2.24, 2.45) is 0 Å². The minimum atomic E-state index is -3.45. The maximum absolute atomic E-state index is 12.1. The van der Waals surface area contributed by atoms with E-state index in [-0.39, 0.29) is 0 Å². The van der Waals surface area contributed by atoms with Gasteiger partial charge in [-0.1, -0.05) is 12.1 Å². The number of para-hydroxylation sites is 1. The largest absolute Gasteiger partial charge is 0.278 e. The Kier molecular flexibility index (Phi) is 3.74. The fourth-order valence-corrected chi connectivity index (χ4v) is 4.36. The third-order valence-corrected chi connectivity index (χ3v) is 5.90. The molecule has 1 heterocycles. The van der Waals surface area contributed by atoms with E-state index in [1.54, 1.807) is 24.3 Å². The first-order valence-corrected chi connectivity index (χ1v) is 8.21. The molecule has 0 amide bonds. The topological polar surface area (TPSA) is 46.2 Å². The van der Waals surface area contributed by atoms with Gasteiger partial charge in [-0.05, 0) is 53.8 Å². The van der Waals surface area contributed by atoms with E-state index in [4.69, 9.17) is 0 Å². The Morgan fingerprint density at radius 1 is 1.18 bits per heavy atom. The minimum Gasteiger partial charge on any atom is -0.278 e. The zero-order valence-corrected chi connectivity index (χ0v) is 12.8. The summed E-state index contributed by atoms with van der Waals surface area (Å²) in [6.45, 7) is 1.88. The van der Waals surface area contributed by atoms with Gasteiger partial charge in [-0.25, -0.2) is 8.42 Å². The van der Waals surface area contributed by atoms with Gasteiger partial charge in [0.25, 0.3) is 10.0 Å². The van der Waals surface area contributed by atoms with Crippen molar-refractivity contribution in [1.82, 2.24) is 0 Å². The molecule has 0 saturated heterocycles. The molecular weight excluding hydrogens is 369 g/mol. The van der Waals surface area contributed by atoms with Crippen LogP contribution < -0.4 is 4.72 Å². The first-order valence-electron chi connectivity index (χ1n) is 4.83. The lowest BCUT2D eigenvalue weighted by atomic mass is 10.3. The van der Waals surface area contributed by atoms with Gasteiger partial charge in [0, 0.05) is 8.45 Å². The summed E-state index contributed by atoms with van der Waals surface area (Å²) >= 11 is 3.37. The molecule has 0 atom stereocenters. The highest BCUT2D eigenvalue weighted by atomic mass is 127. The average molecular weight is 379 g/mol. The molecule has 0 saturated carbocycles. The molecule has 0 fully saturated rings. The molecule has 1 N–H and O–H groups in total. The number of halogens is 1. The molecule has 1 aromatic carbocycles. The highest BCUT2D eigenvalue weighted by Gasteiger charge is 2.16. The Labute approximate surface area is 118 Å². The second-order valence-electron chi connectivity index (χ2n) is 3.45. The molecule has 0 bridgehead atoms. The summed E-state index contributed by atoms with van der Waals surface area (Å²) in [5, 5.41) is 0. The molecule has 2 aromatic rings. The summed E-state index contributed by atoms with van der Waals surface area (Å²) in [6, 6.07) is 10.7. The Balaban J connectivity index is 2.33. The number of rotatable bonds is 3. The van der Waals surface area contributed by atoms with Crippen molar-refractivity contribution < 1.29 is 8.42 Å². The average Bonchev–Trinajstić information content (AvgIpc) is 2.69. The highest BCUT2D eigenvalue weighted by molar-refractivity contribution is 14.1. The number of hydrogen-bond donors (Lipinski definition) is 1. The number of nitrogens with one attached hydrogen (secondary N) is 1. The van der Waals surface area contributed by atoms with Crippen molar-refractivity contribution >= 4 is 49.6 Å². The van der Waals surface area contributed by atoms with E-state index in [1.807, 2.05) is 19.1 Å². The molecule has 1 aromatic heterocycles. The quantitative estimate of drug-likeness (QED) is 0.831. The van der Waals surface area contributed by atoms with Crippen molar-refractivity contribution in [3.05, 3.63) is 44.8 Å². The van der Waals surface area contributed by atoms with Crippen molar-refractivity contribution in [2.45, 2.75) is 11.1 Å². The molecule has 6 heteroatoms. The summed E-state index contributed by atoms with van der Waals surface area (Å²) in [4.78, 5) is 0.980. The summed E-state index contributed by atoms with van der Waals surface area (Å²) < 4.78 is 27.9.